The average molecular weight is 575 g/mol. The van der Waals surface area contributed by atoms with Crippen molar-refractivity contribution >= 4 is 0 Å². The first-order chi connectivity index (χ1) is 20.3. The lowest BCUT2D eigenvalue weighted by molar-refractivity contribution is 0.135. The summed E-state index contributed by atoms with van der Waals surface area (Å²) in [5.74, 6) is 0. The highest BCUT2D eigenvalue weighted by molar-refractivity contribution is 4.97. The van der Waals surface area contributed by atoms with E-state index >= 15 is 0 Å². The number of unbranched alkanes of at least 4 members (excludes halogenated alkanes) is 27. The summed E-state index contributed by atoms with van der Waals surface area (Å²) < 4.78 is 0. The SMILES string of the molecule is CCCCCCCCCCCCCCCCCCCC1N(CCCCCCCC)C=CN1CCCCCCCCC. The van der Waals surface area contributed by atoms with E-state index in [1.807, 2.05) is 0 Å². The van der Waals surface area contributed by atoms with Crippen molar-refractivity contribution in [3.05, 3.63) is 12.4 Å². The van der Waals surface area contributed by atoms with Crippen LogP contribution in [0.2, 0.25) is 0 Å². The molecule has 1 aliphatic heterocycles. The maximum absolute atomic E-state index is 2.70. The van der Waals surface area contributed by atoms with Crippen LogP contribution in [0.15, 0.2) is 12.4 Å². The number of hydrogen-bond acceptors (Lipinski definition) is 2. The third-order valence-electron chi connectivity index (χ3n) is 9.57. The first kappa shape index (κ1) is 38.4. The Morgan fingerprint density at radius 3 is 0.854 bits per heavy atom. The molecule has 0 bridgehead atoms. The van der Waals surface area contributed by atoms with Gasteiger partial charge in [-0.3, -0.25) is 0 Å². The average Bonchev–Trinajstić information content (AvgIpc) is 3.37. The molecule has 0 saturated heterocycles. The predicted octanol–water partition coefficient (Wildman–Crippen LogP) is 13.6. The van der Waals surface area contributed by atoms with Gasteiger partial charge in [0.15, 0.2) is 0 Å². The van der Waals surface area contributed by atoms with Crippen molar-refractivity contribution in [1.29, 1.82) is 0 Å². The Labute approximate surface area is 260 Å². The largest absolute Gasteiger partial charge is 0.356 e. The molecule has 0 saturated carbocycles. The molecule has 244 valence electrons. The van der Waals surface area contributed by atoms with Gasteiger partial charge in [-0.1, -0.05) is 194 Å². The highest BCUT2D eigenvalue weighted by atomic mass is 15.4. The van der Waals surface area contributed by atoms with Gasteiger partial charge in [-0.05, 0) is 25.7 Å². The van der Waals surface area contributed by atoms with E-state index in [4.69, 9.17) is 0 Å². The lowest BCUT2D eigenvalue weighted by atomic mass is 10.0. The molecule has 0 fully saturated rings. The molecule has 0 radical (unpaired) electrons. The lowest BCUT2D eigenvalue weighted by Gasteiger charge is -2.33. The van der Waals surface area contributed by atoms with E-state index < -0.39 is 0 Å². The zero-order valence-electron chi connectivity index (χ0n) is 29.0. The Morgan fingerprint density at radius 1 is 0.317 bits per heavy atom. The summed E-state index contributed by atoms with van der Waals surface area (Å²) in [6.07, 6.45) is 50.0. The zero-order chi connectivity index (χ0) is 29.5. The van der Waals surface area contributed by atoms with Crippen LogP contribution in [0.3, 0.4) is 0 Å². The smallest absolute Gasteiger partial charge is 0.101 e. The highest BCUT2D eigenvalue weighted by Crippen LogP contribution is 2.24. The highest BCUT2D eigenvalue weighted by Gasteiger charge is 2.24. The molecule has 0 aromatic heterocycles. The van der Waals surface area contributed by atoms with Gasteiger partial charge in [0.2, 0.25) is 0 Å². The van der Waals surface area contributed by atoms with Gasteiger partial charge < -0.3 is 9.80 Å². The van der Waals surface area contributed by atoms with Crippen LogP contribution in [0.25, 0.3) is 0 Å². The minimum Gasteiger partial charge on any atom is -0.356 e. The monoisotopic (exact) mass is 575 g/mol. The molecular formula is C39H78N2. The van der Waals surface area contributed by atoms with E-state index in [0.29, 0.717) is 6.17 Å². The summed E-state index contributed by atoms with van der Waals surface area (Å²) >= 11 is 0. The summed E-state index contributed by atoms with van der Waals surface area (Å²) in [4.78, 5) is 5.41. The van der Waals surface area contributed by atoms with Gasteiger partial charge in [-0.25, -0.2) is 0 Å². The second kappa shape index (κ2) is 30.8. The molecule has 0 aromatic carbocycles. The van der Waals surface area contributed by atoms with Crippen LogP contribution in [-0.4, -0.2) is 29.1 Å². The van der Waals surface area contributed by atoms with E-state index in [9.17, 15) is 0 Å². The second-order valence-electron chi connectivity index (χ2n) is 13.6. The first-order valence-electron chi connectivity index (χ1n) is 19.5. The van der Waals surface area contributed by atoms with Gasteiger partial charge in [-0.15, -0.1) is 0 Å². The summed E-state index contributed by atoms with van der Waals surface area (Å²) in [6, 6.07) is 0. The summed E-state index contributed by atoms with van der Waals surface area (Å²) in [5, 5.41) is 0. The van der Waals surface area contributed by atoms with Crippen LogP contribution < -0.4 is 0 Å². The fourth-order valence-corrected chi connectivity index (χ4v) is 6.72. The number of rotatable bonds is 33. The molecule has 1 rings (SSSR count). The third kappa shape index (κ3) is 23.5. The van der Waals surface area contributed by atoms with Crippen LogP contribution in [0.4, 0.5) is 0 Å². The molecule has 0 aromatic rings. The maximum atomic E-state index is 2.70. The summed E-state index contributed by atoms with van der Waals surface area (Å²) in [5.41, 5.74) is 0. The molecule has 1 aliphatic rings. The zero-order valence-corrected chi connectivity index (χ0v) is 29.0. The Balaban J connectivity index is 2.11. The van der Waals surface area contributed by atoms with Crippen molar-refractivity contribution in [3.8, 4) is 0 Å². The summed E-state index contributed by atoms with van der Waals surface area (Å²) in [6.45, 7) is 9.47. The Bertz CT molecular complexity index is 530. The van der Waals surface area contributed by atoms with E-state index in [0.717, 1.165) is 0 Å². The van der Waals surface area contributed by atoms with Crippen LogP contribution in [-0.2, 0) is 0 Å². The van der Waals surface area contributed by atoms with Gasteiger partial charge >= 0.3 is 0 Å². The quantitative estimate of drug-likeness (QED) is 0.0719. The van der Waals surface area contributed by atoms with Crippen molar-refractivity contribution in [1.82, 2.24) is 9.80 Å². The van der Waals surface area contributed by atoms with Gasteiger partial charge in [0.1, 0.15) is 6.17 Å². The Morgan fingerprint density at radius 2 is 0.561 bits per heavy atom. The van der Waals surface area contributed by atoms with Crippen molar-refractivity contribution in [3.63, 3.8) is 0 Å². The van der Waals surface area contributed by atoms with Crippen molar-refractivity contribution in [2.75, 3.05) is 13.1 Å². The molecule has 2 heteroatoms. The third-order valence-corrected chi connectivity index (χ3v) is 9.57. The normalized spacial score (nSPS) is 15.0. The minimum absolute atomic E-state index is 0.641. The van der Waals surface area contributed by atoms with Gasteiger partial charge in [0, 0.05) is 25.5 Å². The van der Waals surface area contributed by atoms with Crippen LogP contribution >= 0.6 is 0 Å². The molecule has 1 atom stereocenters. The topological polar surface area (TPSA) is 6.48 Å². The number of nitrogens with zero attached hydrogens (tertiary/aromatic N) is 2. The molecule has 0 amide bonds. The van der Waals surface area contributed by atoms with E-state index in [2.05, 4.69) is 43.0 Å². The first-order valence-corrected chi connectivity index (χ1v) is 19.5. The molecule has 1 heterocycles. The predicted molar refractivity (Wildman–Crippen MR) is 186 cm³/mol. The maximum Gasteiger partial charge on any atom is 0.101 e. The Hall–Kier alpha value is -0.660. The summed E-state index contributed by atoms with van der Waals surface area (Å²) in [7, 11) is 0. The van der Waals surface area contributed by atoms with Gasteiger partial charge in [0.05, 0.1) is 0 Å². The number of hydrogen-bond donors (Lipinski definition) is 0. The van der Waals surface area contributed by atoms with E-state index in [1.54, 1.807) is 0 Å². The van der Waals surface area contributed by atoms with Crippen molar-refractivity contribution in [2.24, 2.45) is 0 Å². The Kier molecular flexibility index (Phi) is 28.8. The van der Waals surface area contributed by atoms with Gasteiger partial charge in [-0.2, -0.15) is 0 Å². The van der Waals surface area contributed by atoms with E-state index in [1.165, 1.54) is 212 Å². The minimum atomic E-state index is 0.641. The van der Waals surface area contributed by atoms with Crippen molar-refractivity contribution < 1.29 is 0 Å². The fraction of sp³-hybridized carbons (Fsp3) is 0.949. The molecular weight excluding hydrogens is 496 g/mol. The van der Waals surface area contributed by atoms with Crippen molar-refractivity contribution in [2.45, 2.75) is 226 Å². The van der Waals surface area contributed by atoms with Crippen LogP contribution in [0, 0.1) is 0 Å². The molecule has 2 nitrogen and oxygen atoms in total. The molecule has 1 unspecified atom stereocenters. The second-order valence-corrected chi connectivity index (χ2v) is 13.6. The molecule has 0 spiro atoms. The van der Waals surface area contributed by atoms with E-state index in [-0.39, 0.29) is 0 Å². The van der Waals surface area contributed by atoms with Crippen LogP contribution in [0.5, 0.6) is 0 Å². The molecule has 41 heavy (non-hydrogen) atoms. The van der Waals surface area contributed by atoms with Gasteiger partial charge in [0.25, 0.3) is 0 Å². The fourth-order valence-electron chi connectivity index (χ4n) is 6.72. The molecule has 0 N–H and O–H groups in total. The molecule has 0 aliphatic carbocycles. The lowest BCUT2D eigenvalue weighted by Crippen LogP contribution is -2.39. The van der Waals surface area contributed by atoms with Crippen LogP contribution in [0.1, 0.15) is 220 Å². The standard InChI is InChI=1S/C39H78N2/c1-4-7-10-13-16-17-18-19-20-21-22-23-24-25-26-28-31-34-39-40(35-32-29-15-12-9-6-3)37-38-41(39)36-33-30-27-14-11-8-5-2/h37-39H,4-36H2,1-3H3.